The van der Waals surface area contributed by atoms with E-state index in [1.165, 1.54) is 18.4 Å². The second kappa shape index (κ2) is 5.43. The average molecular weight is 186 g/mol. The van der Waals surface area contributed by atoms with Crippen LogP contribution in [0.4, 0.5) is 0 Å². The number of rotatable bonds is 5. The highest BCUT2D eigenvalue weighted by Gasteiger charge is 2.01. The van der Waals surface area contributed by atoms with Gasteiger partial charge in [0.15, 0.2) is 0 Å². The molecule has 0 radical (unpaired) electrons. The summed E-state index contributed by atoms with van der Waals surface area (Å²) in [6.07, 6.45) is 3.47. The van der Waals surface area contributed by atoms with Crippen molar-refractivity contribution in [3.05, 3.63) is 54.6 Å². The number of hydrogen-bond donors (Lipinski definition) is 0. The molecule has 0 amide bonds. The average Bonchev–Trinajstić information content (AvgIpc) is 2.26. The molecule has 14 heavy (non-hydrogen) atoms. The molecule has 0 aliphatic rings. The van der Waals surface area contributed by atoms with Crippen LogP contribution >= 0.6 is 0 Å². The Balaban J connectivity index is 2.62. The molecule has 1 aromatic carbocycles. The van der Waals surface area contributed by atoms with Gasteiger partial charge in [-0.05, 0) is 29.6 Å². The van der Waals surface area contributed by atoms with E-state index < -0.39 is 0 Å². The number of hydrogen-bond acceptors (Lipinski definition) is 0. The van der Waals surface area contributed by atoms with Crippen LogP contribution < -0.4 is 0 Å². The van der Waals surface area contributed by atoms with Crippen LogP contribution in [0.5, 0.6) is 0 Å². The van der Waals surface area contributed by atoms with Gasteiger partial charge in [-0.1, -0.05) is 56.8 Å². The predicted octanol–water partition coefficient (Wildman–Crippen LogP) is 4.45. The molecule has 0 fully saturated rings. The van der Waals surface area contributed by atoms with Gasteiger partial charge in [0.1, 0.15) is 0 Å². The van der Waals surface area contributed by atoms with Gasteiger partial charge in [0, 0.05) is 0 Å². The summed E-state index contributed by atoms with van der Waals surface area (Å²) in [7, 11) is 0. The fraction of sp³-hybridized carbons (Fsp3) is 0.286. The van der Waals surface area contributed by atoms with Crippen molar-refractivity contribution in [1.82, 2.24) is 0 Å². The van der Waals surface area contributed by atoms with Crippen molar-refractivity contribution < 1.29 is 0 Å². The molecule has 0 unspecified atom stereocenters. The second-order valence-corrected chi connectivity index (χ2v) is 3.55. The Morgan fingerprint density at radius 2 is 1.79 bits per heavy atom. The van der Waals surface area contributed by atoms with Gasteiger partial charge in [-0.15, -0.1) is 0 Å². The van der Waals surface area contributed by atoms with Gasteiger partial charge in [-0.3, -0.25) is 0 Å². The van der Waals surface area contributed by atoms with Crippen molar-refractivity contribution in [3.63, 3.8) is 0 Å². The second-order valence-electron chi connectivity index (χ2n) is 3.55. The maximum atomic E-state index is 4.08. The molecule has 0 aromatic heterocycles. The molecule has 0 saturated carbocycles. The molecule has 0 nitrogen and oxygen atoms in total. The highest BCUT2D eigenvalue weighted by molar-refractivity contribution is 5.76. The van der Waals surface area contributed by atoms with E-state index >= 15 is 0 Å². The highest BCUT2D eigenvalue weighted by Crippen LogP contribution is 2.23. The van der Waals surface area contributed by atoms with Crippen LogP contribution in [0.3, 0.4) is 0 Å². The minimum absolute atomic E-state index is 1.06. The summed E-state index contributed by atoms with van der Waals surface area (Å²) in [5, 5.41) is 0. The van der Waals surface area contributed by atoms with E-state index in [1.807, 2.05) is 18.2 Å². The van der Waals surface area contributed by atoms with E-state index in [4.69, 9.17) is 0 Å². The van der Waals surface area contributed by atoms with Gasteiger partial charge < -0.3 is 0 Å². The minimum atomic E-state index is 1.06. The van der Waals surface area contributed by atoms with Gasteiger partial charge in [-0.2, -0.15) is 0 Å². The van der Waals surface area contributed by atoms with Gasteiger partial charge in [0.05, 0.1) is 0 Å². The smallest absolute Gasteiger partial charge is 0.0187 e. The van der Waals surface area contributed by atoms with Gasteiger partial charge >= 0.3 is 0 Å². The maximum absolute atomic E-state index is 4.08. The van der Waals surface area contributed by atoms with E-state index in [2.05, 4.69) is 32.2 Å². The van der Waals surface area contributed by atoms with E-state index in [9.17, 15) is 0 Å². The third kappa shape index (κ3) is 2.88. The topological polar surface area (TPSA) is 0 Å². The fourth-order valence-corrected chi connectivity index (χ4v) is 1.38. The van der Waals surface area contributed by atoms with Crippen LogP contribution in [0.1, 0.15) is 31.7 Å². The van der Waals surface area contributed by atoms with Crippen molar-refractivity contribution in [2.75, 3.05) is 0 Å². The zero-order chi connectivity index (χ0) is 10.4. The zero-order valence-electron chi connectivity index (χ0n) is 8.92. The molecule has 74 valence electrons. The molecule has 0 saturated heterocycles. The molecule has 0 bridgehead atoms. The largest absolute Gasteiger partial charge is 0.0952 e. The molecule has 0 spiro atoms. The predicted molar refractivity (Wildman–Crippen MR) is 64.1 cm³/mol. The van der Waals surface area contributed by atoms with Crippen LogP contribution in [-0.4, -0.2) is 0 Å². The van der Waals surface area contributed by atoms with Crippen molar-refractivity contribution >= 4 is 5.57 Å². The van der Waals surface area contributed by atoms with Crippen molar-refractivity contribution in [3.8, 4) is 0 Å². The van der Waals surface area contributed by atoms with Crippen LogP contribution in [-0.2, 0) is 0 Å². The molecule has 0 N–H and O–H groups in total. The summed E-state index contributed by atoms with van der Waals surface area (Å²) in [5.74, 6) is 0. The Hall–Kier alpha value is -1.30. The Morgan fingerprint density at radius 3 is 2.36 bits per heavy atom. The van der Waals surface area contributed by atoms with Crippen molar-refractivity contribution in [1.29, 1.82) is 0 Å². The summed E-state index contributed by atoms with van der Waals surface area (Å²) in [6.45, 7) is 10.3. The van der Waals surface area contributed by atoms with Crippen LogP contribution in [0.15, 0.2) is 49.1 Å². The Labute approximate surface area is 87.0 Å². The van der Waals surface area contributed by atoms with Crippen LogP contribution in [0, 0.1) is 0 Å². The SMILES string of the molecule is C=C(CCCC)C(=C)c1ccccc1. The lowest BCUT2D eigenvalue weighted by molar-refractivity contribution is 0.802. The van der Waals surface area contributed by atoms with E-state index in [-0.39, 0.29) is 0 Å². The van der Waals surface area contributed by atoms with Crippen LogP contribution in [0.2, 0.25) is 0 Å². The molecular formula is C14H18. The maximum Gasteiger partial charge on any atom is -0.0187 e. The summed E-state index contributed by atoms with van der Waals surface area (Å²) in [5.41, 5.74) is 3.44. The summed E-state index contributed by atoms with van der Waals surface area (Å²) in [6, 6.07) is 10.3. The molecule has 0 aliphatic carbocycles. The lowest BCUT2D eigenvalue weighted by Crippen LogP contribution is -1.87. The molecule has 0 aliphatic heterocycles. The Bertz CT molecular complexity index is 306. The van der Waals surface area contributed by atoms with E-state index in [0.717, 1.165) is 17.6 Å². The first-order valence-electron chi connectivity index (χ1n) is 5.18. The molecule has 1 rings (SSSR count). The quantitative estimate of drug-likeness (QED) is 0.596. The fourth-order valence-electron chi connectivity index (χ4n) is 1.38. The molecule has 0 atom stereocenters. The van der Waals surface area contributed by atoms with Crippen LogP contribution in [0.25, 0.3) is 5.57 Å². The highest BCUT2D eigenvalue weighted by atomic mass is 14.1. The zero-order valence-corrected chi connectivity index (χ0v) is 8.92. The lowest BCUT2D eigenvalue weighted by atomic mass is 9.97. The monoisotopic (exact) mass is 186 g/mol. The minimum Gasteiger partial charge on any atom is -0.0952 e. The van der Waals surface area contributed by atoms with Gasteiger partial charge in [0.25, 0.3) is 0 Å². The molecular weight excluding hydrogens is 168 g/mol. The molecule has 0 heteroatoms. The first kappa shape index (κ1) is 10.8. The van der Waals surface area contributed by atoms with Gasteiger partial charge in [-0.25, -0.2) is 0 Å². The van der Waals surface area contributed by atoms with Crippen molar-refractivity contribution in [2.45, 2.75) is 26.2 Å². The molecule has 1 aromatic rings. The van der Waals surface area contributed by atoms with E-state index in [0.29, 0.717) is 0 Å². The Morgan fingerprint density at radius 1 is 1.14 bits per heavy atom. The third-order valence-corrected chi connectivity index (χ3v) is 2.38. The van der Waals surface area contributed by atoms with Gasteiger partial charge in [0.2, 0.25) is 0 Å². The van der Waals surface area contributed by atoms with E-state index in [1.54, 1.807) is 0 Å². The normalized spacial score (nSPS) is 9.79. The summed E-state index contributed by atoms with van der Waals surface area (Å²) < 4.78 is 0. The summed E-state index contributed by atoms with van der Waals surface area (Å²) >= 11 is 0. The number of benzene rings is 1. The Kier molecular flexibility index (Phi) is 4.18. The first-order chi connectivity index (χ1) is 6.75. The summed E-state index contributed by atoms with van der Waals surface area (Å²) in [4.78, 5) is 0. The number of unbranched alkanes of at least 4 members (excludes halogenated alkanes) is 1. The lowest BCUT2D eigenvalue weighted by Gasteiger charge is -2.08. The standard InChI is InChI=1S/C14H18/c1-4-5-9-12(2)13(3)14-10-7-6-8-11-14/h6-8,10-11H,2-5,9H2,1H3. The molecule has 0 heterocycles. The van der Waals surface area contributed by atoms with Crippen molar-refractivity contribution in [2.24, 2.45) is 0 Å². The third-order valence-electron chi connectivity index (χ3n) is 2.38. The first-order valence-corrected chi connectivity index (χ1v) is 5.18. The number of allylic oxidation sites excluding steroid dienone is 2.